The van der Waals surface area contributed by atoms with Crippen molar-refractivity contribution in [1.29, 1.82) is 0 Å². The van der Waals surface area contributed by atoms with Crippen LogP contribution in [0, 0.1) is 0 Å². The molecule has 0 saturated heterocycles. The number of nitrogens with one attached hydrogen (secondary N) is 1. The average Bonchev–Trinajstić information content (AvgIpc) is 2.37. The highest BCUT2D eigenvalue weighted by atomic mass is 19.4. The van der Waals surface area contributed by atoms with Crippen LogP contribution in [-0.4, -0.2) is 21.6 Å². The van der Waals surface area contributed by atoms with E-state index in [1.807, 2.05) is 0 Å². The number of nitrogens with zero attached hydrogens (tertiary/aromatic N) is 3. The van der Waals surface area contributed by atoms with Crippen molar-refractivity contribution < 1.29 is 17.9 Å². The van der Waals surface area contributed by atoms with Crippen LogP contribution in [-0.2, 0) is 6.18 Å². The van der Waals surface area contributed by atoms with E-state index in [0.717, 1.165) is 12.1 Å². The van der Waals surface area contributed by atoms with Gasteiger partial charge in [-0.25, -0.2) is 0 Å². The largest absolute Gasteiger partial charge is 0.464 e. The quantitative estimate of drug-likeness (QED) is 0.902. The molecule has 0 amide bonds. The summed E-state index contributed by atoms with van der Waals surface area (Å²) in [6.07, 6.45) is -4.42. The number of anilines is 3. The highest BCUT2D eigenvalue weighted by Crippen LogP contribution is 2.31. The topological polar surface area (TPSA) is 86.0 Å². The lowest BCUT2D eigenvalue weighted by molar-refractivity contribution is -0.137. The fourth-order valence-corrected chi connectivity index (χ4v) is 1.52. The van der Waals surface area contributed by atoms with Gasteiger partial charge in [-0.2, -0.15) is 28.1 Å². The Morgan fingerprint density at radius 2 is 2.00 bits per heavy atom. The summed E-state index contributed by atoms with van der Waals surface area (Å²) in [6, 6.07) is 4.65. The van der Waals surface area contributed by atoms with Crippen LogP contribution in [0.25, 0.3) is 0 Å². The Labute approximate surface area is 118 Å². The van der Waals surface area contributed by atoms with Gasteiger partial charge in [0.15, 0.2) is 0 Å². The number of nitrogens with two attached hydrogens (primary N) is 1. The van der Waals surface area contributed by atoms with Gasteiger partial charge in [0.2, 0.25) is 11.9 Å². The number of hydrogen-bond acceptors (Lipinski definition) is 6. The monoisotopic (exact) mass is 299 g/mol. The summed E-state index contributed by atoms with van der Waals surface area (Å²) < 4.78 is 43.0. The summed E-state index contributed by atoms with van der Waals surface area (Å²) in [5, 5.41) is 2.63. The van der Waals surface area contributed by atoms with Crippen LogP contribution < -0.4 is 15.8 Å². The summed E-state index contributed by atoms with van der Waals surface area (Å²) in [5.41, 5.74) is 4.88. The standard InChI is InChI=1S/C12H12F3N5O/c1-2-21-11-19-9(16)18-10(20-11)17-8-5-3-4-7(6-8)12(13,14)15/h3-6H,2H2,1H3,(H3,16,17,18,19,20). The lowest BCUT2D eigenvalue weighted by Gasteiger charge is -2.10. The minimum Gasteiger partial charge on any atom is -0.464 e. The number of nitrogen functional groups attached to an aromatic ring is 1. The third-order valence-electron chi connectivity index (χ3n) is 2.35. The summed E-state index contributed by atoms with van der Waals surface area (Å²) in [5.74, 6) is -0.0896. The van der Waals surface area contributed by atoms with Crippen LogP contribution in [0.15, 0.2) is 24.3 Å². The van der Waals surface area contributed by atoms with Crippen molar-refractivity contribution in [3.8, 4) is 6.01 Å². The summed E-state index contributed by atoms with van der Waals surface area (Å²) in [6.45, 7) is 2.06. The van der Waals surface area contributed by atoms with Gasteiger partial charge in [0.25, 0.3) is 0 Å². The van der Waals surface area contributed by atoms with Gasteiger partial charge in [-0.1, -0.05) is 6.07 Å². The maximum absolute atomic E-state index is 12.6. The molecule has 1 heterocycles. The van der Waals surface area contributed by atoms with Crippen molar-refractivity contribution in [2.24, 2.45) is 0 Å². The van der Waals surface area contributed by atoms with E-state index in [1.54, 1.807) is 6.92 Å². The molecule has 0 unspecified atom stereocenters. The van der Waals surface area contributed by atoms with Crippen molar-refractivity contribution in [3.63, 3.8) is 0 Å². The molecule has 112 valence electrons. The minimum atomic E-state index is -4.42. The zero-order valence-corrected chi connectivity index (χ0v) is 11.0. The molecule has 0 saturated carbocycles. The maximum Gasteiger partial charge on any atom is 0.416 e. The molecule has 0 aliphatic carbocycles. The Balaban J connectivity index is 2.26. The third-order valence-corrected chi connectivity index (χ3v) is 2.35. The minimum absolute atomic E-state index is 0.000485. The van der Waals surface area contributed by atoms with E-state index in [9.17, 15) is 13.2 Å². The molecular formula is C12H12F3N5O. The molecule has 0 aliphatic rings. The van der Waals surface area contributed by atoms with Gasteiger partial charge in [-0.3, -0.25) is 0 Å². The molecule has 9 heteroatoms. The molecule has 6 nitrogen and oxygen atoms in total. The van der Waals surface area contributed by atoms with Gasteiger partial charge in [0.05, 0.1) is 12.2 Å². The lowest BCUT2D eigenvalue weighted by atomic mass is 10.2. The van der Waals surface area contributed by atoms with Gasteiger partial charge in [-0.15, -0.1) is 0 Å². The molecule has 1 aromatic heterocycles. The number of rotatable bonds is 4. The zero-order valence-electron chi connectivity index (χ0n) is 11.0. The van der Waals surface area contributed by atoms with Crippen LogP contribution in [0.2, 0.25) is 0 Å². The molecule has 0 atom stereocenters. The zero-order chi connectivity index (χ0) is 15.5. The first-order chi connectivity index (χ1) is 9.88. The van der Waals surface area contributed by atoms with Crippen molar-refractivity contribution in [2.75, 3.05) is 17.7 Å². The summed E-state index contributed by atoms with van der Waals surface area (Å²) in [7, 11) is 0. The second-order valence-electron chi connectivity index (χ2n) is 3.94. The van der Waals surface area contributed by atoms with Crippen molar-refractivity contribution in [3.05, 3.63) is 29.8 Å². The number of ether oxygens (including phenoxy) is 1. The van der Waals surface area contributed by atoms with Gasteiger partial charge in [0.1, 0.15) is 0 Å². The van der Waals surface area contributed by atoms with E-state index in [4.69, 9.17) is 10.5 Å². The highest BCUT2D eigenvalue weighted by molar-refractivity contribution is 5.55. The molecule has 0 spiro atoms. The van der Waals surface area contributed by atoms with E-state index in [-0.39, 0.29) is 23.6 Å². The first-order valence-electron chi connectivity index (χ1n) is 5.97. The van der Waals surface area contributed by atoms with Gasteiger partial charge >= 0.3 is 12.2 Å². The Morgan fingerprint density at radius 1 is 1.24 bits per heavy atom. The highest BCUT2D eigenvalue weighted by Gasteiger charge is 2.30. The lowest BCUT2D eigenvalue weighted by Crippen LogP contribution is -2.08. The first kappa shape index (κ1) is 14.8. The van der Waals surface area contributed by atoms with Gasteiger partial charge < -0.3 is 15.8 Å². The predicted molar refractivity (Wildman–Crippen MR) is 70.1 cm³/mol. The van der Waals surface area contributed by atoms with Crippen LogP contribution in [0.5, 0.6) is 6.01 Å². The fraction of sp³-hybridized carbons (Fsp3) is 0.250. The number of benzene rings is 1. The first-order valence-corrected chi connectivity index (χ1v) is 5.97. The Kier molecular flexibility index (Phi) is 4.10. The molecule has 21 heavy (non-hydrogen) atoms. The average molecular weight is 299 g/mol. The smallest absolute Gasteiger partial charge is 0.416 e. The van der Waals surface area contributed by atoms with E-state index < -0.39 is 11.7 Å². The molecule has 3 N–H and O–H groups in total. The van der Waals surface area contributed by atoms with Crippen LogP contribution in [0.4, 0.5) is 30.8 Å². The molecular weight excluding hydrogens is 287 g/mol. The predicted octanol–water partition coefficient (Wildman–Crippen LogP) is 2.61. The van der Waals surface area contributed by atoms with Crippen molar-refractivity contribution in [1.82, 2.24) is 15.0 Å². The van der Waals surface area contributed by atoms with Crippen molar-refractivity contribution >= 4 is 17.6 Å². The second kappa shape index (κ2) is 5.81. The van der Waals surface area contributed by atoms with Gasteiger partial charge in [-0.05, 0) is 25.1 Å². The summed E-state index contributed by atoms with van der Waals surface area (Å²) in [4.78, 5) is 11.4. The molecule has 0 bridgehead atoms. The molecule has 1 aromatic carbocycles. The normalized spacial score (nSPS) is 11.2. The van der Waals surface area contributed by atoms with E-state index in [1.165, 1.54) is 12.1 Å². The molecule has 0 fully saturated rings. The van der Waals surface area contributed by atoms with E-state index in [2.05, 4.69) is 20.3 Å². The maximum atomic E-state index is 12.6. The number of hydrogen-bond donors (Lipinski definition) is 2. The van der Waals surface area contributed by atoms with E-state index >= 15 is 0 Å². The summed E-state index contributed by atoms with van der Waals surface area (Å²) >= 11 is 0. The molecule has 0 aliphatic heterocycles. The van der Waals surface area contributed by atoms with Crippen LogP contribution in [0.1, 0.15) is 12.5 Å². The molecule has 2 rings (SSSR count). The Bertz CT molecular complexity index is 633. The number of halogens is 3. The molecule has 2 aromatic rings. The van der Waals surface area contributed by atoms with E-state index in [0.29, 0.717) is 6.61 Å². The SMILES string of the molecule is CCOc1nc(N)nc(Nc2cccc(C(F)(F)F)c2)n1. The van der Waals surface area contributed by atoms with Gasteiger partial charge in [0, 0.05) is 5.69 Å². The van der Waals surface area contributed by atoms with Crippen LogP contribution in [0.3, 0.4) is 0 Å². The van der Waals surface area contributed by atoms with Crippen molar-refractivity contribution in [2.45, 2.75) is 13.1 Å². The molecule has 0 radical (unpaired) electrons. The second-order valence-corrected chi connectivity index (χ2v) is 3.94. The van der Waals surface area contributed by atoms with Crippen LogP contribution >= 0.6 is 0 Å². The number of alkyl halides is 3. The third kappa shape index (κ3) is 3.94. The number of aromatic nitrogens is 3. The Morgan fingerprint density at radius 3 is 2.67 bits per heavy atom. The fourth-order valence-electron chi connectivity index (χ4n) is 1.52. The Hall–Kier alpha value is -2.58.